The minimum Gasteiger partial charge on any atom is -0.463 e. The zero-order valence-electron chi connectivity index (χ0n) is 21.1. The number of hydrogen-bond donors (Lipinski definition) is 0. The van der Waals surface area contributed by atoms with E-state index in [1.165, 1.54) is 48.5 Å². The topological polar surface area (TPSA) is 133 Å². The van der Waals surface area contributed by atoms with E-state index in [0.717, 1.165) is 12.5 Å². The summed E-state index contributed by atoms with van der Waals surface area (Å²) in [7, 11) is 0. The molecule has 2 aliphatic heterocycles. The van der Waals surface area contributed by atoms with E-state index >= 15 is 0 Å². The summed E-state index contributed by atoms with van der Waals surface area (Å²) in [6.45, 7) is 4.48. The van der Waals surface area contributed by atoms with Gasteiger partial charge in [0.1, 0.15) is 17.6 Å². The summed E-state index contributed by atoms with van der Waals surface area (Å²) in [6, 6.07) is 11.7. The third-order valence-electron chi connectivity index (χ3n) is 5.94. The Morgan fingerprint density at radius 1 is 0.821 bits per heavy atom. The van der Waals surface area contributed by atoms with Crippen LogP contribution in [0.1, 0.15) is 40.0 Å². The van der Waals surface area contributed by atoms with E-state index in [9.17, 15) is 19.2 Å². The van der Waals surface area contributed by atoms with Crippen molar-refractivity contribution in [2.75, 3.05) is 26.4 Å². The molecule has 3 atom stereocenters. The van der Waals surface area contributed by atoms with Gasteiger partial charge in [-0.1, -0.05) is 6.58 Å². The minimum absolute atomic E-state index is 0.0303. The summed E-state index contributed by atoms with van der Waals surface area (Å²) in [4.78, 5) is 47.7. The molecule has 2 heterocycles. The van der Waals surface area contributed by atoms with E-state index in [1.807, 2.05) is 0 Å². The molecule has 206 valence electrons. The van der Waals surface area contributed by atoms with Crippen LogP contribution in [-0.2, 0) is 28.5 Å². The zero-order chi connectivity index (χ0) is 27.6. The lowest BCUT2D eigenvalue weighted by Crippen LogP contribution is -2.32. The van der Waals surface area contributed by atoms with E-state index in [1.54, 1.807) is 0 Å². The standard InChI is InChI=1S/C28H28O11/c1-2-24(29)33-14-3-4-15-35-28(32)38-21-11-7-18(8-12-21)26(30)37-20-9-5-19(6-10-20)27(31)39-23-17-36-22-13-16-34-25(22)23/h2,5-12,22-23,25H,1,3-4,13-17H2/t22-,23-,25+/m1/s1. The van der Waals surface area contributed by atoms with Gasteiger partial charge in [-0.2, -0.15) is 0 Å². The van der Waals surface area contributed by atoms with Gasteiger partial charge in [0, 0.05) is 12.7 Å². The van der Waals surface area contributed by atoms with Crippen LogP contribution >= 0.6 is 0 Å². The van der Waals surface area contributed by atoms with Crippen LogP contribution in [-0.4, -0.2) is 68.8 Å². The normalized spacial score (nSPS) is 19.4. The lowest BCUT2D eigenvalue weighted by Gasteiger charge is -2.16. The van der Waals surface area contributed by atoms with Crippen molar-refractivity contribution in [1.29, 1.82) is 0 Å². The smallest absolute Gasteiger partial charge is 0.463 e. The number of hydrogen-bond acceptors (Lipinski definition) is 11. The van der Waals surface area contributed by atoms with Gasteiger partial charge in [-0.25, -0.2) is 19.2 Å². The van der Waals surface area contributed by atoms with Gasteiger partial charge in [-0.3, -0.25) is 0 Å². The van der Waals surface area contributed by atoms with Crippen LogP contribution in [0.5, 0.6) is 11.5 Å². The fraction of sp³-hybridized carbons (Fsp3) is 0.357. The predicted octanol–water partition coefficient (Wildman–Crippen LogP) is 3.64. The second-order valence-electron chi connectivity index (χ2n) is 8.66. The van der Waals surface area contributed by atoms with Crippen LogP contribution in [0.15, 0.2) is 61.2 Å². The van der Waals surface area contributed by atoms with E-state index in [0.29, 0.717) is 31.6 Å². The number of carbonyl (C=O) groups excluding carboxylic acids is 4. The third-order valence-corrected chi connectivity index (χ3v) is 5.94. The van der Waals surface area contributed by atoms with Gasteiger partial charge in [0.15, 0.2) is 6.10 Å². The number of carbonyl (C=O) groups is 4. The molecule has 0 saturated carbocycles. The van der Waals surface area contributed by atoms with Crippen LogP contribution in [0.2, 0.25) is 0 Å². The molecule has 0 N–H and O–H groups in total. The number of fused-ring (bicyclic) bond motifs is 1. The highest BCUT2D eigenvalue weighted by molar-refractivity contribution is 5.92. The van der Waals surface area contributed by atoms with Crippen molar-refractivity contribution in [3.63, 3.8) is 0 Å². The van der Waals surface area contributed by atoms with E-state index in [-0.39, 0.29) is 42.5 Å². The molecule has 0 unspecified atom stereocenters. The molecule has 2 aromatic rings. The van der Waals surface area contributed by atoms with Gasteiger partial charge < -0.3 is 33.2 Å². The lowest BCUT2D eigenvalue weighted by molar-refractivity contribution is -0.137. The van der Waals surface area contributed by atoms with Crippen molar-refractivity contribution in [2.45, 2.75) is 37.6 Å². The highest BCUT2D eigenvalue weighted by atomic mass is 16.7. The summed E-state index contributed by atoms with van der Waals surface area (Å²) < 4.78 is 36.9. The minimum atomic E-state index is -0.900. The van der Waals surface area contributed by atoms with E-state index in [2.05, 4.69) is 6.58 Å². The number of benzene rings is 2. The zero-order valence-corrected chi connectivity index (χ0v) is 21.1. The fourth-order valence-electron chi connectivity index (χ4n) is 3.94. The molecule has 0 radical (unpaired) electrons. The van der Waals surface area contributed by atoms with Crippen molar-refractivity contribution in [2.24, 2.45) is 0 Å². The average Bonchev–Trinajstić information content (AvgIpc) is 3.56. The Bertz CT molecular complexity index is 1170. The first-order chi connectivity index (χ1) is 18.9. The first kappa shape index (κ1) is 27.8. The van der Waals surface area contributed by atoms with Crippen molar-refractivity contribution in [3.8, 4) is 11.5 Å². The van der Waals surface area contributed by atoms with Crippen LogP contribution in [0, 0.1) is 0 Å². The Kier molecular flexibility index (Phi) is 9.65. The van der Waals surface area contributed by atoms with E-state index in [4.69, 9.17) is 33.2 Å². The summed E-state index contributed by atoms with van der Waals surface area (Å²) in [5.41, 5.74) is 0.529. The lowest BCUT2D eigenvalue weighted by atomic mass is 10.1. The first-order valence-electron chi connectivity index (χ1n) is 12.4. The summed E-state index contributed by atoms with van der Waals surface area (Å²) >= 11 is 0. The number of unbranched alkanes of at least 4 members (excludes halogenated alkanes) is 1. The molecule has 11 heteroatoms. The molecule has 11 nitrogen and oxygen atoms in total. The number of ether oxygens (including phenoxy) is 7. The first-order valence-corrected chi connectivity index (χ1v) is 12.4. The largest absolute Gasteiger partial charge is 0.513 e. The van der Waals surface area contributed by atoms with Crippen LogP contribution in [0.3, 0.4) is 0 Å². The van der Waals surface area contributed by atoms with Gasteiger partial charge in [-0.15, -0.1) is 0 Å². The molecule has 0 aromatic heterocycles. The Morgan fingerprint density at radius 3 is 2.10 bits per heavy atom. The molecule has 4 rings (SSSR count). The molecule has 2 saturated heterocycles. The maximum absolute atomic E-state index is 12.5. The van der Waals surface area contributed by atoms with Crippen LogP contribution in [0.4, 0.5) is 4.79 Å². The molecule has 2 aromatic carbocycles. The Hall–Kier alpha value is -4.22. The number of rotatable bonds is 11. The third kappa shape index (κ3) is 7.88. The monoisotopic (exact) mass is 540 g/mol. The molecule has 0 bridgehead atoms. The van der Waals surface area contributed by atoms with Gasteiger partial charge in [0.2, 0.25) is 0 Å². The highest BCUT2D eigenvalue weighted by Crippen LogP contribution is 2.29. The Balaban J connectivity index is 1.18. The second kappa shape index (κ2) is 13.5. The summed E-state index contributed by atoms with van der Waals surface area (Å²) in [5.74, 6) is -1.24. The molecule has 0 aliphatic carbocycles. The summed E-state index contributed by atoms with van der Waals surface area (Å²) in [5, 5.41) is 0. The van der Waals surface area contributed by atoms with Crippen molar-refractivity contribution in [1.82, 2.24) is 0 Å². The molecule has 0 spiro atoms. The van der Waals surface area contributed by atoms with Crippen LogP contribution in [0.25, 0.3) is 0 Å². The maximum atomic E-state index is 12.5. The van der Waals surface area contributed by atoms with Crippen molar-refractivity contribution in [3.05, 3.63) is 72.3 Å². The van der Waals surface area contributed by atoms with Crippen molar-refractivity contribution < 1.29 is 52.3 Å². The highest BCUT2D eigenvalue weighted by Gasteiger charge is 2.44. The molecule has 39 heavy (non-hydrogen) atoms. The van der Waals surface area contributed by atoms with E-state index < -0.39 is 30.2 Å². The summed E-state index contributed by atoms with van der Waals surface area (Å²) in [6.07, 6.45) is 1.26. The molecular formula is C28H28O11. The average molecular weight is 541 g/mol. The predicted molar refractivity (Wildman–Crippen MR) is 134 cm³/mol. The molecule has 2 aliphatic rings. The quantitative estimate of drug-likeness (QED) is 0.103. The Labute approximate surface area is 224 Å². The van der Waals surface area contributed by atoms with Gasteiger partial charge >= 0.3 is 24.1 Å². The molecule has 0 amide bonds. The Morgan fingerprint density at radius 2 is 1.44 bits per heavy atom. The van der Waals surface area contributed by atoms with Crippen molar-refractivity contribution >= 4 is 24.1 Å². The van der Waals surface area contributed by atoms with Crippen LogP contribution < -0.4 is 9.47 Å². The number of esters is 3. The fourth-order valence-corrected chi connectivity index (χ4v) is 3.94. The van der Waals surface area contributed by atoms with Gasteiger partial charge in [-0.05, 0) is 67.8 Å². The maximum Gasteiger partial charge on any atom is 0.513 e. The molecular weight excluding hydrogens is 512 g/mol. The second-order valence-corrected chi connectivity index (χ2v) is 8.66. The van der Waals surface area contributed by atoms with Gasteiger partial charge in [0.05, 0.1) is 37.1 Å². The molecule has 2 fully saturated rings. The SMILES string of the molecule is C=CC(=O)OCCCCOC(=O)Oc1ccc(C(=O)Oc2ccc(C(=O)O[C@@H]3CO[C@@H]4CCO[C@@H]43)cc2)cc1. The van der Waals surface area contributed by atoms with Gasteiger partial charge in [0.25, 0.3) is 0 Å².